The summed E-state index contributed by atoms with van der Waals surface area (Å²) in [5.74, 6) is 2.39. The van der Waals surface area contributed by atoms with Crippen molar-refractivity contribution in [3.8, 4) is 0 Å². The van der Waals surface area contributed by atoms with Crippen molar-refractivity contribution in [3.63, 3.8) is 0 Å². The standard InChI is InChI=1S/C23H26N6O/c1-17-4-3-5-19(14-17)15-23(30)29-12-10-28(11-13-29)22-9-8-21(26-27-22)25-20-7-6-18(2)16-24-20/h3-9,14,16H,10-13,15H2,1-2H3,(H,24,25,26). The molecule has 0 saturated carbocycles. The van der Waals surface area contributed by atoms with E-state index in [4.69, 9.17) is 0 Å². The summed E-state index contributed by atoms with van der Waals surface area (Å²) < 4.78 is 0. The van der Waals surface area contributed by atoms with E-state index in [9.17, 15) is 4.79 Å². The van der Waals surface area contributed by atoms with Crippen molar-refractivity contribution in [1.29, 1.82) is 0 Å². The summed E-state index contributed by atoms with van der Waals surface area (Å²) in [5.41, 5.74) is 3.36. The zero-order valence-electron chi connectivity index (χ0n) is 17.4. The number of carbonyl (C=O) groups is 1. The van der Waals surface area contributed by atoms with Crippen LogP contribution in [0.1, 0.15) is 16.7 Å². The molecule has 2 aromatic heterocycles. The topological polar surface area (TPSA) is 74.2 Å². The number of carbonyl (C=O) groups excluding carboxylic acids is 1. The van der Waals surface area contributed by atoms with Crippen LogP contribution >= 0.6 is 0 Å². The van der Waals surface area contributed by atoms with Gasteiger partial charge in [0.05, 0.1) is 6.42 Å². The molecule has 1 N–H and O–H groups in total. The van der Waals surface area contributed by atoms with Crippen molar-refractivity contribution in [3.05, 3.63) is 71.4 Å². The first-order valence-electron chi connectivity index (χ1n) is 10.2. The Labute approximate surface area is 176 Å². The van der Waals surface area contributed by atoms with E-state index in [2.05, 4.69) is 31.5 Å². The van der Waals surface area contributed by atoms with Crippen LogP contribution in [0.3, 0.4) is 0 Å². The smallest absolute Gasteiger partial charge is 0.227 e. The molecule has 3 heterocycles. The second-order valence-electron chi connectivity index (χ2n) is 7.66. The molecule has 1 saturated heterocycles. The second kappa shape index (κ2) is 8.90. The van der Waals surface area contributed by atoms with Crippen molar-refractivity contribution in [1.82, 2.24) is 20.1 Å². The fourth-order valence-electron chi connectivity index (χ4n) is 3.53. The Morgan fingerprint density at radius 2 is 1.73 bits per heavy atom. The third-order valence-corrected chi connectivity index (χ3v) is 5.21. The average Bonchev–Trinajstić information content (AvgIpc) is 2.76. The Morgan fingerprint density at radius 3 is 2.40 bits per heavy atom. The van der Waals surface area contributed by atoms with Crippen molar-refractivity contribution in [2.75, 3.05) is 36.4 Å². The maximum atomic E-state index is 12.6. The Bertz CT molecular complexity index is 995. The molecule has 0 aliphatic carbocycles. The molecule has 0 bridgehead atoms. The molecule has 154 valence electrons. The fourth-order valence-corrected chi connectivity index (χ4v) is 3.53. The van der Waals surface area contributed by atoms with Crippen LogP contribution in [0.4, 0.5) is 17.5 Å². The lowest BCUT2D eigenvalue weighted by Crippen LogP contribution is -2.49. The van der Waals surface area contributed by atoms with Gasteiger partial charge in [0.2, 0.25) is 5.91 Å². The lowest BCUT2D eigenvalue weighted by atomic mass is 10.1. The number of hydrogen-bond acceptors (Lipinski definition) is 6. The number of aryl methyl sites for hydroxylation is 2. The number of amides is 1. The highest BCUT2D eigenvalue weighted by Gasteiger charge is 2.22. The van der Waals surface area contributed by atoms with E-state index in [0.717, 1.165) is 35.9 Å². The minimum absolute atomic E-state index is 0.177. The Balaban J connectivity index is 1.30. The average molecular weight is 403 g/mol. The van der Waals surface area contributed by atoms with Crippen molar-refractivity contribution < 1.29 is 4.79 Å². The molecule has 0 atom stereocenters. The summed E-state index contributed by atoms with van der Waals surface area (Å²) in [6.07, 6.45) is 2.26. The van der Waals surface area contributed by atoms with E-state index < -0.39 is 0 Å². The van der Waals surface area contributed by atoms with Crippen LogP contribution in [0.5, 0.6) is 0 Å². The molecular formula is C23H26N6O. The molecule has 4 rings (SSSR count). The molecule has 7 heteroatoms. The van der Waals surface area contributed by atoms with Gasteiger partial charge in [0.1, 0.15) is 5.82 Å². The van der Waals surface area contributed by atoms with Crippen LogP contribution < -0.4 is 10.2 Å². The number of hydrogen-bond donors (Lipinski definition) is 1. The minimum Gasteiger partial charge on any atom is -0.352 e. The van der Waals surface area contributed by atoms with Crippen LogP contribution in [-0.4, -0.2) is 52.2 Å². The lowest BCUT2D eigenvalue weighted by Gasteiger charge is -2.35. The van der Waals surface area contributed by atoms with Crippen molar-refractivity contribution in [2.45, 2.75) is 20.3 Å². The van der Waals surface area contributed by atoms with Gasteiger partial charge in [0, 0.05) is 32.4 Å². The number of benzene rings is 1. The van der Waals surface area contributed by atoms with E-state index in [0.29, 0.717) is 25.3 Å². The number of rotatable bonds is 5. The van der Waals surface area contributed by atoms with E-state index in [1.54, 1.807) is 0 Å². The van der Waals surface area contributed by atoms with Gasteiger partial charge in [-0.2, -0.15) is 0 Å². The number of nitrogens with one attached hydrogen (secondary N) is 1. The van der Waals surface area contributed by atoms with Gasteiger partial charge in [0.25, 0.3) is 0 Å². The van der Waals surface area contributed by atoms with Crippen molar-refractivity contribution in [2.24, 2.45) is 0 Å². The normalized spacial score (nSPS) is 13.9. The summed E-state index contributed by atoms with van der Waals surface area (Å²) >= 11 is 0. The Morgan fingerprint density at radius 1 is 0.933 bits per heavy atom. The van der Waals surface area contributed by atoms with Gasteiger partial charge >= 0.3 is 0 Å². The van der Waals surface area contributed by atoms with Gasteiger partial charge in [-0.25, -0.2) is 4.98 Å². The third kappa shape index (κ3) is 4.92. The summed E-state index contributed by atoms with van der Waals surface area (Å²) in [6, 6.07) is 15.9. The van der Waals surface area contributed by atoms with E-state index >= 15 is 0 Å². The summed E-state index contributed by atoms with van der Waals surface area (Å²) in [4.78, 5) is 21.0. The number of aromatic nitrogens is 3. The van der Waals surface area contributed by atoms with Gasteiger partial charge in [-0.15, -0.1) is 10.2 Å². The Kier molecular flexibility index (Phi) is 5.88. The lowest BCUT2D eigenvalue weighted by molar-refractivity contribution is -0.130. The van der Waals surface area contributed by atoms with Gasteiger partial charge in [-0.3, -0.25) is 4.79 Å². The highest BCUT2D eigenvalue weighted by molar-refractivity contribution is 5.79. The van der Waals surface area contributed by atoms with E-state index in [-0.39, 0.29) is 5.91 Å². The third-order valence-electron chi connectivity index (χ3n) is 5.21. The van der Waals surface area contributed by atoms with Crippen LogP contribution in [-0.2, 0) is 11.2 Å². The predicted molar refractivity (Wildman–Crippen MR) is 118 cm³/mol. The first-order chi connectivity index (χ1) is 14.6. The largest absolute Gasteiger partial charge is 0.352 e. The van der Waals surface area contributed by atoms with E-state index in [1.807, 2.05) is 67.4 Å². The van der Waals surface area contributed by atoms with Crippen LogP contribution in [0.15, 0.2) is 54.7 Å². The molecule has 1 aromatic carbocycles. The summed E-state index contributed by atoms with van der Waals surface area (Å²) in [5, 5.41) is 11.8. The van der Waals surface area contributed by atoms with Gasteiger partial charge in [0.15, 0.2) is 11.6 Å². The zero-order valence-corrected chi connectivity index (χ0v) is 17.4. The maximum absolute atomic E-state index is 12.6. The molecule has 1 aliphatic rings. The number of anilines is 3. The molecule has 0 unspecified atom stereocenters. The first kappa shape index (κ1) is 19.8. The fraction of sp³-hybridized carbons (Fsp3) is 0.304. The first-order valence-corrected chi connectivity index (χ1v) is 10.2. The van der Waals surface area contributed by atoms with Crippen LogP contribution in [0.25, 0.3) is 0 Å². The van der Waals surface area contributed by atoms with Crippen LogP contribution in [0.2, 0.25) is 0 Å². The molecule has 30 heavy (non-hydrogen) atoms. The van der Waals surface area contributed by atoms with Gasteiger partial charge in [-0.1, -0.05) is 35.9 Å². The summed E-state index contributed by atoms with van der Waals surface area (Å²) in [6.45, 7) is 6.94. The molecule has 0 radical (unpaired) electrons. The zero-order chi connectivity index (χ0) is 20.9. The number of nitrogens with zero attached hydrogens (tertiary/aromatic N) is 5. The quantitative estimate of drug-likeness (QED) is 0.707. The van der Waals surface area contributed by atoms with E-state index in [1.165, 1.54) is 5.56 Å². The number of piperazine rings is 1. The highest BCUT2D eigenvalue weighted by Crippen LogP contribution is 2.17. The number of pyridine rings is 1. The monoisotopic (exact) mass is 402 g/mol. The van der Waals surface area contributed by atoms with Gasteiger partial charge in [-0.05, 0) is 43.2 Å². The maximum Gasteiger partial charge on any atom is 0.227 e. The second-order valence-corrected chi connectivity index (χ2v) is 7.66. The molecular weight excluding hydrogens is 376 g/mol. The minimum atomic E-state index is 0.177. The molecule has 3 aromatic rings. The highest BCUT2D eigenvalue weighted by atomic mass is 16.2. The molecule has 7 nitrogen and oxygen atoms in total. The predicted octanol–water partition coefficient (Wildman–Crippen LogP) is 3.12. The van der Waals surface area contributed by atoms with Crippen molar-refractivity contribution >= 4 is 23.4 Å². The SMILES string of the molecule is Cc1ccc(Nc2ccc(N3CCN(C(=O)Cc4cccc(C)c4)CC3)nn2)nc1. The Hall–Kier alpha value is -3.48. The molecule has 0 spiro atoms. The van der Waals surface area contributed by atoms with Gasteiger partial charge < -0.3 is 15.1 Å². The molecule has 1 fully saturated rings. The molecule has 1 aliphatic heterocycles. The summed E-state index contributed by atoms with van der Waals surface area (Å²) in [7, 11) is 0. The van der Waals surface area contributed by atoms with Crippen LogP contribution in [0, 0.1) is 13.8 Å². The molecule has 1 amide bonds.